The Kier molecular flexibility index (Phi) is 8.46. The van der Waals surface area contributed by atoms with E-state index in [0.717, 1.165) is 18.8 Å². The number of rotatable bonds is 10. The summed E-state index contributed by atoms with van der Waals surface area (Å²) in [6.45, 7) is 4.64. The Morgan fingerprint density at radius 2 is 1.78 bits per heavy atom. The lowest BCUT2D eigenvalue weighted by Gasteiger charge is -2.37. The van der Waals surface area contributed by atoms with Crippen LogP contribution in [0.5, 0.6) is 11.8 Å². The molecule has 0 spiro atoms. The number of aromatic nitrogens is 7. The van der Waals surface area contributed by atoms with Crippen molar-refractivity contribution in [1.29, 1.82) is 0 Å². The molecule has 3 atom stereocenters. The van der Waals surface area contributed by atoms with Crippen molar-refractivity contribution in [3.63, 3.8) is 0 Å². The van der Waals surface area contributed by atoms with E-state index in [0.29, 0.717) is 25.4 Å². The average molecular weight is 594 g/mol. The molecule has 2 aliphatic rings. The number of sulfonamides is 1. The fraction of sp³-hybridized carbons (Fsp3) is 0.583. The van der Waals surface area contributed by atoms with Crippen LogP contribution < -0.4 is 19.1 Å². The van der Waals surface area contributed by atoms with E-state index >= 15 is 0 Å². The summed E-state index contributed by atoms with van der Waals surface area (Å²) in [5.74, 6) is 0.0844. The van der Waals surface area contributed by atoms with Gasteiger partial charge in [-0.1, -0.05) is 0 Å². The molecule has 5 rings (SSSR count). The Morgan fingerprint density at radius 3 is 2.39 bits per heavy atom. The Bertz CT molecular complexity index is 1430. The van der Waals surface area contributed by atoms with Gasteiger partial charge in [0.2, 0.25) is 33.7 Å². The van der Waals surface area contributed by atoms with E-state index in [1.807, 2.05) is 13.8 Å². The highest BCUT2D eigenvalue weighted by Gasteiger charge is 2.39. The summed E-state index contributed by atoms with van der Waals surface area (Å²) in [7, 11) is -1.27. The number of methoxy groups -OCH3 is 2. The van der Waals surface area contributed by atoms with Crippen LogP contribution in [-0.2, 0) is 19.5 Å². The number of nitrogens with one attached hydrogen (secondary N) is 1. The predicted molar refractivity (Wildman–Crippen MR) is 143 cm³/mol. The number of ether oxygens (including phenoxy) is 4. The van der Waals surface area contributed by atoms with E-state index in [2.05, 4.69) is 34.9 Å². The molecule has 0 saturated carbocycles. The van der Waals surface area contributed by atoms with Crippen molar-refractivity contribution in [3.8, 4) is 17.4 Å². The minimum Gasteiger partial charge on any atom is -0.479 e. The van der Waals surface area contributed by atoms with Crippen LogP contribution in [0.4, 0.5) is 16.3 Å². The molecular weight excluding hydrogens is 561 g/mol. The fourth-order valence-electron chi connectivity index (χ4n) is 4.97. The number of piperidine rings is 1. The molecule has 3 aromatic heterocycles. The molecule has 0 aromatic carbocycles. The molecule has 3 aromatic rings. The maximum Gasteiger partial charge on any atom is 0.245 e. The fourth-order valence-corrected chi connectivity index (χ4v) is 6.37. The quantitative estimate of drug-likeness (QED) is 0.361. The Balaban J connectivity index is 1.52. The first-order valence-corrected chi connectivity index (χ1v) is 14.6. The zero-order chi connectivity index (χ0) is 29.1. The zero-order valence-corrected chi connectivity index (χ0v) is 23.9. The van der Waals surface area contributed by atoms with Gasteiger partial charge in [0.05, 0.1) is 38.8 Å². The first kappa shape index (κ1) is 28.8. The van der Waals surface area contributed by atoms with E-state index in [9.17, 15) is 12.8 Å². The SMILES string of the molecule is COc1ncnc(OC)c1-n1c(NS(=O)(=O)[C@@H]2C[C@H](OC(C)C)CN(c3ncc(F)cn3)C2)nnc1C1CCCO1. The molecule has 15 nitrogen and oxygen atoms in total. The van der Waals surface area contributed by atoms with Crippen molar-refractivity contribution < 1.29 is 31.8 Å². The number of halogens is 1. The van der Waals surface area contributed by atoms with Crippen molar-refractivity contribution >= 4 is 21.9 Å². The molecule has 0 radical (unpaired) electrons. The molecule has 1 unspecified atom stereocenters. The van der Waals surface area contributed by atoms with Gasteiger partial charge in [-0.3, -0.25) is 9.29 Å². The molecule has 0 amide bonds. The van der Waals surface area contributed by atoms with Gasteiger partial charge in [0.1, 0.15) is 17.7 Å². The second-order valence-corrected chi connectivity index (χ2v) is 11.8. The molecule has 0 aliphatic carbocycles. The molecule has 222 valence electrons. The third-order valence-corrected chi connectivity index (χ3v) is 8.36. The average Bonchev–Trinajstić information content (AvgIpc) is 3.62. The Hall–Kier alpha value is -3.70. The lowest BCUT2D eigenvalue weighted by Crippen LogP contribution is -2.51. The van der Waals surface area contributed by atoms with Crippen LogP contribution in [0, 0.1) is 5.82 Å². The van der Waals surface area contributed by atoms with Crippen molar-refractivity contribution in [2.45, 2.75) is 56.7 Å². The summed E-state index contributed by atoms with van der Waals surface area (Å²) in [4.78, 5) is 18.1. The number of hydrogen-bond donors (Lipinski definition) is 1. The maximum absolute atomic E-state index is 13.9. The van der Waals surface area contributed by atoms with Gasteiger partial charge < -0.3 is 23.8 Å². The highest BCUT2D eigenvalue weighted by Crippen LogP contribution is 2.37. The molecule has 2 fully saturated rings. The van der Waals surface area contributed by atoms with Crippen molar-refractivity contribution in [1.82, 2.24) is 34.7 Å². The van der Waals surface area contributed by atoms with Gasteiger partial charge >= 0.3 is 0 Å². The van der Waals surface area contributed by atoms with Gasteiger partial charge in [-0.15, -0.1) is 10.2 Å². The summed E-state index contributed by atoms with van der Waals surface area (Å²) in [6, 6.07) is 0. The van der Waals surface area contributed by atoms with E-state index in [-0.39, 0.29) is 48.4 Å². The first-order chi connectivity index (χ1) is 19.7. The maximum atomic E-state index is 13.9. The number of nitrogens with zero attached hydrogens (tertiary/aromatic N) is 8. The topological polar surface area (TPSA) is 169 Å². The largest absolute Gasteiger partial charge is 0.479 e. The smallest absolute Gasteiger partial charge is 0.245 e. The van der Waals surface area contributed by atoms with Gasteiger partial charge in [-0.25, -0.2) is 22.8 Å². The highest BCUT2D eigenvalue weighted by atomic mass is 32.2. The third kappa shape index (κ3) is 6.15. The van der Waals surface area contributed by atoms with Gasteiger partial charge in [-0.05, 0) is 33.1 Å². The first-order valence-electron chi connectivity index (χ1n) is 13.1. The van der Waals surface area contributed by atoms with Gasteiger partial charge in [0.15, 0.2) is 17.3 Å². The molecule has 2 aliphatic heterocycles. The lowest BCUT2D eigenvalue weighted by molar-refractivity contribution is 0.00147. The summed E-state index contributed by atoms with van der Waals surface area (Å²) < 4.78 is 68.2. The highest BCUT2D eigenvalue weighted by molar-refractivity contribution is 7.93. The number of hydrogen-bond acceptors (Lipinski definition) is 13. The summed E-state index contributed by atoms with van der Waals surface area (Å²) >= 11 is 0. The van der Waals surface area contributed by atoms with Crippen molar-refractivity contribution in [2.75, 3.05) is 43.5 Å². The zero-order valence-electron chi connectivity index (χ0n) is 23.1. The van der Waals surface area contributed by atoms with E-state index in [1.54, 1.807) is 4.90 Å². The van der Waals surface area contributed by atoms with Crippen molar-refractivity contribution in [3.05, 3.63) is 30.4 Å². The van der Waals surface area contributed by atoms with Gasteiger partial charge in [0, 0.05) is 19.7 Å². The van der Waals surface area contributed by atoms with Gasteiger partial charge in [-0.2, -0.15) is 9.97 Å². The van der Waals surface area contributed by atoms with Crippen LogP contribution >= 0.6 is 0 Å². The van der Waals surface area contributed by atoms with Crippen LogP contribution in [0.1, 0.15) is 45.0 Å². The van der Waals surface area contributed by atoms with Crippen LogP contribution in [0.2, 0.25) is 0 Å². The van der Waals surface area contributed by atoms with Gasteiger partial charge in [0.25, 0.3) is 0 Å². The molecule has 41 heavy (non-hydrogen) atoms. The summed E-state index contributed by atoms with van der Waals surface area (Å²) in [6.07, 6.45) is 3.94. The molecule has 0 bridgehead atoms. The minimum absolute atomic E-state index is 0.0345. The molecule has 2 saturated heterocycles. The molecule has 5 heterocycles. The van der Waals surface area contributed by atoms with E-state index in [4.69, 9.17) is 18.9 Å². The van der Waals surface area contributed by atoms with E-state index < -0.39 is 33.3 Å². The second-order valence-electron chi connectivity index (χ2n) is 9.88. The standard InChI is InChI=1S/C24H32FN9O6S/c1-14(2)40-16-8-17(12-33(11-16)23-26-9-15(25)10-27-23)41(35,36)32-24-31-30-20(18-6-5-7-39-18)34(24)19-21(37-3)28-13-29-22(19)38-4/h9-10,13-14,16-18H,5-8,11-12H2,1-4H3,(H,31,32)/t16-,17+,18?/m0/s1. The summed E-state index contributed by atoms with van der Waals surface area (Å²) in [5.41, 5.74) is 0.219. The normalized spacial score (nSPS) is 21.3. The Labute approximate surface area is 236 Å². The lowest BCUT2D eigenvalue weighted by atomic mass is 10.1. The second kappa shape index (κ2) is 12.0. The van der Waals surface area contributed by atoms with E-state index in [1.165, 1.54) is 25.1 Å². The molecule has 1 N–H and O–H groups in total. The van der Waals surface area contributed by atoms with Crippen molar-refractivity contribution in [2.24, 2.45) is 0 Å². The summed E-state index contributed by atoms with van der Waals surface area (Å²) in [5, 5.41) is 7.50. The van der Waals surface area contributed by atoms with Crippen LogP contribution in [0.15, 0.2) is 18.7 Å². The van der Waals surface area contributed by atoms with Crippen LogP contribution in [0.3, 0.4) is 0 Å². The molecular formula is C24H32FN9O6S. The predicted octanol–water partition coefficient (Wildman–Crippen LogP) is 1.67. The monoisotopic (exact) mass is 593 g/mol. The number of anilines is 2. The van der Waals surface area contributed by atoms with Crippen LogP contribution in [-0.4, -0.2) is 94.5 Å². The molecule has 17 heteroatoms. The van der Waals surface area contributed by atoms with Crippen LogP contribution in [0.25, 0.3) is 5.69 Å². The third-order valence-electron chi connectivity index (χ3n) is 6.67. The Morgan fingerprint density at radius 1 is 1.07 bits per heavy atom. The minimum atomic E-state index is -4.12.